The van der Waals surface area contributed by atoms with Gasteiger partial charge in [-0.05, 0) is 36.4 Å². The van der Waals surface area contributed by atoms with Crippen LogP contribution < -0.4 is 9.47 Å². The topological polar surface area (TPSA) is 74.7 Å². The van der Waals surface area contributed by atoms with Crippen molar-refractivity contribution in [1.29, 1.82) is 0 Å². The number of ether oxygens (including phenoxy) is 2. The molecule has 27 heavy (non-hydrogen) atoms. The smallest absolute Gasteiger partial charge is 0.235 e. The van der Waals surface area contributed by atoms with Crippen LogP contribution in [0.3, 0.4) is 0 Å². The molecule has 0 aliphatic rings. The molecule has 2 aromatic carbocycles. The van der Waals surface area contributed by atoms with E-state index in [0.717, 1.165) is 27.5 Å². The summed E-state index contributed by atoms with van der Waals surface area (Å²) >= 11 is 1.43. The Kier molecular flexibility index (Phi) is 3.75. The first kappa shape index (κ1) is 15.8. The van der Waals surface area contributed by atoms with Crippen LogP contribution in [0.5, 0.6) is 11.5 Å². The fourth-order valence-corrected chi connectivity index (χ4v) is 3.57. The van der Waals surface area contributed by atoms with Gasteiger partial charge in [0.15, 0.2) is 16.6 Å². The summed E-state index contributed by atoms with van der Waals surface area (Å²) in [7, 11) is 1.63. The van der Waals surface area contributed by atoms with Gasteiger partial charge in [0.05, 0.1) is 7.11 Å². The molecular formula is C19H14N4O3S. The highest BCUT2D eigenvalue weighted by Crippen LogP contribution is 2.31. The molecule has 7 nitrogen and oxygen atoms in total. The normalized spacial score (nSPS) is 11.3. The van der Waals surface area contributed by atoms with Crippen molar-refractivity contribution in [2.75, 3.05) is 7.11 Å². The van der Waals surface area contributed by atoms with Gasteiger partial charge in [0, 0.05) is 5.39 Å². The molecule has 8 heteroatoms. The third-order valence-corrected chi connectivity index (χ3v) is 5.03. The summed E-state index contributed by atoms with van der Waals surface area (Å²) in [5.74, 6) is 2.84. The van der Waals surface area contributed by atoms with E-state index in [-0.39, 0.29) is 6.61 Å². The van der Waals surface area contributed by atoms with Gasteiger partial charge in [0.1, 0.15) is 23.7 Å². The minimum absolute atomic E-state index is 0.261. The molecule has 3 heterocycles. The van der Waals surface area contributed by atoms with Gasteiger partial charge in [0.25, 0.3) is 0 Å². The second-order valence-corrected chi connectivity index (χ2v) is 6.79. The average molecular weight is 378 g/mol. The number of furan rings is 1. The number of aromatic nitrogens is 4. The summed E-state index contributed by atoms with van der Waals surface area (Å²) < 4.78 is 18.5. The molecule has 0 N–H and O–H groups in total. The van der Waals surface area contributed by atoms with Crippen LogP contribution in [-0.2, 0) is 6.61 Å². The largest absolute Gasteiger partial charge is 0.497 e. The Labute approximate surface area is 157 Å². The zero-order chi connectivity index (χ0) is 18.2. The maximum Gasteiger partial charge on any atom is 0.235 e. The van der Waals surface area contributed by atoms with Gasteiger partial charge < -0.3 is 13.9 Å². The molecule has 0 saturated carbocycles. The van der Waals surface area contributed by atoms with Crippen LogP contribution in [0.2, 0.25) is 0 Å². The van der Waals surface area contributed by atoms with Crippen LogP contribution in [0, 0.1) is 0 Å². The first-order valence-corrected chi connectivity index (χ1v) is 9.09. The number of hydrogen-bond acceptors (Lipinski definition) is 7. The third-order valence-electron chi connectivity index (χ3n) is 4.12. The summed E-state index contributed by atoms with van der Waals surface area (Å²) in [5.41, 5.74) is 0.835. The quantitative estimate of drug-likeness (QED) is 0.457. The Morgan fingerprint density at radius 1 is 1.04 bits per heavy atom. The minimum atomic E-state index is 0.261. The molecule has 0 saturated heterocycles. The molecule has 5 rings (SSSR count). The van der Waals surface area contributed by atoms with Crippen molar-refractivity contribution in [3.63, 3.8) is 0 Å². The maximum absolute atomic E-state index is 5.89. The van der Waals surface area contributed by atoms with Crippen LogP contribution >= 0.6 is 11.3 Å². The molecule has 0 spiro atoms. The number of nitrogens with zero attached hydrogens (tertiary/aromatic N) is 4. The van der Waals surface area contributed by atoms with Crippen molar-refractivity contribution in [3.8, 4) is 22.3 Å². The third kappa shape index (κ3) is 2.89. The lowest BCUT2D eigenvalue weighted by molar-refractivity contribution is 0.292. The second kappa shape index (κ2) is 6.40. The fraction of sp³-hybridized carbons (Fsp3) is 0.105. The van der Waals surface area contributed by atoms with E-state index in [1.165, 1.54) is 11.3 Å². The predicted molar refractivity (Wildman–Crippen MR) is 101 cm³/mol. The number of methoxy groups -OCH3 is 1. The first-order valence-electron chi connectivity index (χ1n) is 8.27. The van der Waals surface area contributed by atoms with E-state index in [1.54, 1.807) is 11.6 Å². The number of para-hydroxylation sites is 1. The Bertz CT molecular complexity index is 1190. The summed E-state index contributed by atoms with van der Waals surface area (Å²) in [5, 5.41) is 14.7. The molecule has 0 aliphatic heterocycles. The Morgan fingerprint density at radius 2 is 1.85 bits per heavy atom. The molecule has 0 radical (unpaired) electrons. The van der Waals surface area contributed by atoms with E-state index in [0.29, 0.717) is 16.5 Å². The van der Waals surface area contributed by atoms with Gasteiger partial charge in [-0.15, -0.1) is 15.3 Å². The molecule has 0 amide bonds. The van der Waals surface area contributed by atoms with Gasteiger partial charge in [-0.1, -0.05) is 29.5 Å². The van der Waals surface area contributed by atoms with E-state index < -0.39 is 0 Å². The standard InChI is InChI=1S/C19H14N4O3S/c1-24-13-6-8-14(9-7-13)25-11-17-20-21-19-23(17)22-18(27-19)16-10-12-4-2-3-5-15(12)26-16/h2-10H,11H2,1H3. The van der Waals surface area contributed by atoms with Gasteiger partial charge in [-0.3, -0.25) is 0 Å². The Morgan fingerprint density at radius 3 is 2.67 bits per heavy atom. The summed E-state index contributed by atoms with van der Waals surface area (Å²) in [4.78, 5) is 0.693. The number of fused-ring (bicyclic) bond motifs is 2. The average Bonchev–Trinajstić information content (AvgIpc) is 3.40. The second-order valence-electron chi connectivity index (χ2n) is 5.83. The number of hydrogen-bond donors (Lipinski definition) is 0. The first-order chi connectivity index (χ1) is 13.3. The molecule has 0 aliphatic carbocycles. The molecule has 134 valence electrons. The molecule has 0 atom stereocenters. The van der Waals surface area contributed by atoms with Crippen LogP contribution in [0.25, 0.3) is 26.7 Å². The summed E-state index contributed by atoms with van der Waals surface area (Å²) in [6.07, 6.45) is 0. The maximum atomic E-state index is 5.89. The summed E-state index contributed by atoms with van der Waals surface area (Å²) in [6.45, 7) is 0.261. The van der Waals surface area contributed by atoms with Crippen molar-refractivity contribution in [2.45, 2.75) is 6.61 Å². The van der Waals surface area contributed by atoms with Crippen molar-refractivity contribution in [2.24, 2.45) is 0 Å². The van der Waals surface area contributed by atoms with Gasteiger partial charge in [-0.25, -0.2) is 0 Å². The van der Waals surface area contributed by atoms with E-state index >= 15 is 0 Å². The van der Waals surface area contributed by atoms with Crippen LogP contribution in [0.15, 0.2) is 59.0 Å². The molecule has 3 aromatic heterocycles. The van der Waals surface area contributed by atoms with Crippen LogP contribution in [-0.4, -0.2) is 26.9 Å². The SMILES string of the molecule is COc1ccc(OCc2nnc3sc(-c4cc5ccccc5o4)nn23)cc1. The van der Waals surface area contributed by atoms with E-state index in [2.05, 4.69) is 15.3 Å². The predicted octanol–water partition coefficient (Wildman–Crippen LogP) is 4.19. The van der Waals surface area contributed by atoms with Gasteiger partial charge >= 0.3 is 0 Å². The highest BCUT2D eigenvalue weighted by molar-refractivity contribution is 7.19. The van der Waals surface area contributed by atoms with Gasteiger partial charge in [0.2, 0.25) is 4.96 Å². The highest BCUT2D eigenvalue weighted by Gasteiger charge is 2.16. The Hall–Kier alpha value is -3.39. The lowest BCUT2D eigenvalue weighted by atomic mass is 10.2. The van der Waals surface area contributed by atoms with Crippen molar-refractivity contribution < 1.29 is 13.9 Å². The zero-order valence-electron chi connectivity index (χ0n) is 14.3. The van der Waals surface area contributed by atoms with Crippen LogP contribution in [0.1, 0.15) is 5.82 Å². The minimum Gasteiger partial charge on any atom is -0.497 e. The monoisotopic (exact) mass is 378 g/mol. The van der Waals surface area contributed by atoms with E-state index in [4.69, 9.17) is 13.9 Å². The van der Waals surface area contributed by atoms with E-state index in [1.807, 2.05) is 54.6 Å². The number of rotatable bonds is 5. The van der Waals surface area contributed by atoms with Crippen molar-refractivity contribution >= 4 is 27.3 Å². The highest BCUT2D eigenvalue weighted by atomic mass is 32.1. The molecule has 0 unspecified atom stereocenters. The molecule has 5 aromatic rings. The fourth-order valence-electron chi connectivity index (χ4n) is 2.75. The molecular weight excluding hydrogens is 364 g/mol. The lowest BCUT2D eigenvalue weighted by Crippen LogP contribution is -2.02. The zero-order valence-corrected chi connectivity index (χ0v) is 15.1. The van der Waals surface area contributed by atoms with Gasteiger partial charge in [-0.2, -0.15) is 4.52 Å². The van der Waals surface area contributed by atoms with E-state index in [9.17, 15) is 0 Å². The molecule has 0 bridgehead atoms. The van der Waals surface area contributed by atoms with Crippen molar-refractivity contribution in [3.05, 3.63) is 60.4 Å². The Balaban J connectivity index is 1.41. The molecule has 0 fully saturated rings. The van der Waals surface area contributed by atoms with Crippen LogP contribution in [0.4, 0.5) is 0 Å². The number of benzene rings is 2. The summed E-state index contributed by atoms with van der Waals surface area (Å²) in [6, 6.07) is 17.2. The van der Waals surface area contributed by atoms with Crippen molar-refractivity contribution in [1.82, 2.24) is 19.8 Å². The lowest BCUT2D eigenvalue weighted by Gasteiger charge is -2.05.